The predicted octanol–water partition coefficient (Wildman–Crippen LogP) is 4.24. The van der Waals surface area contributed by atoms with Gasteiger partial charge in [-0.1, -0.05) is 41.9 Å². The number of rotatable bonds is 6. The van der Waals surface area contributed by atoms with Gasteiger partial charge in [-0.2, -0.15) is 5.10 Å². The van der Waals surface area contributed by atoms with Crippen molar-refractivity contribution in [1.82, 2.24) is 5.43 Å². The van der Waals surface area contributed by atoms with Crippen LogP contribution in [0.5, 0.6) is 5.75 Å². The molecule has 0 spiro atoms. The Hall–Kier alpha value is -2.21. The normalized spacial score (nSPS) is 11.0. The largest absolute Gasteiger partial charge is 0.483 e. The Morgan fingerprint density at radius 1 is 1.29 bits per heavy atom. The van der Waals surface area contributed by atoms with Gasteiger partial charge in [-0.15, -0.1) is 0 Å². The van der Waals surface area contributed by atoms with Crippen LogP contribution in [-0.4, -0.2) is 18.7 Å². The maximum atomic E-state index is 12.8. The first-order valence-electron chi connectivity index (χ1n) is 7.45. The summed E-state index contributed by atoms with van der Waals surface area (Å²) in [6, 6.07) is 11.5. The number of nitrogens with zero attached hydrogens (tertiary/aromatic N) is 1. The van der Waals surface area contributed by atoms with Crippen molar-refractivity contribution in [2.45, 2.75) is 19.8 Å². The molecule has 24 heavy (non-hydrogen) atoms. The van der Waals surface area contributed by atoms with E-state index in [2.05, 4.69) is 40.3 Å². The van der Waals surface area contributed by atoms with Gasteiger partial charge in [0.1, 0.15) is 11.6 Å². The van der Waals surface area contributed by atoms with Crippen LogP contribution in [0.1, 0.15) is 30.9 Å². The van der Waals surface area contributed by atoms with Crippen molar-refractivity contribution in [3.05, 3.63) is 63.9 Å². The zero-order chi connectivity index (χ0) is 17.5. The number of amides is 1. The summed E-state index contributed by atoms with van der Waals surface area (Å²) in [6.07, 6.45) is 1.44. The minimum atomic E-state index is -0.369. The van der Waals surface area contributed by atoms with E-state index in [4.69, 9.17) is 4.74 Å². The minimum Gasteiger partial charge on any atom is -0.483 e. The molecule has 126 valence electrons. The van der Waals surface area contributed by atoms with Crippen molar-refractivity contribution in [3.8, 4) is 5.75 Å². The van der Waals surface area contributed by atoms with Gasteiger partial charge in [-0.3, -0.25) is 4.79 Å². The van der Waals surface area contributed by atoms with E-state index in [0.29, 0.717) is 11.3 Å². The summed E-state index contributed by atoms with van der Waals surface area (Å²) in [6.45, 7) is 3.98. The third-order valence-electron chi connectivity index (χ3n) is 3.23. The summed E-state index contributed by atoms with van der Waals surface area (Å²) in [5.74, 6) is 0.258. The lowest BCUT2D eigenvalue weighted by Crippen LogP contribution is -2.24. The van der Waals surface area contributed by atoms with Crippen LogP contribution in [0.25, 0.3) is 0 Å². The number of halogens is 2. The van der Waals surface area contributed by atoms with E-state index in [-0.39, 0.29) is 24.2 Å². The number of carbonyl (C=O) groups is 1. The van der Waals surface area contributed by atoms with Crippen molar-refractivity contribution in [2.24, 2.45) is 5.10 Å². The summed E-state index contributed by atoms with van der Waals surface area (Å²) in [4.78, 5) is 11.8. The fourth-order valence-electron chi connectivity index (χ4n) is 2.01. The molecule has 6 heteroatoms. The molecule has 0 aliphatic heterocycles. The number of carbonyl (C=O) groups excluding carboxylic acids is 1. The van der Waals surface area contributed by atoms with Gasteiger partial charge in [0.2, 0.25) is 0 Å². The summed E-state index contributed by atoms with van der Waals surface area (Å²) < 4.78 is 19.3. The van der Waals surface area contributed by atoms with Crippen molar-refractivity contribution in [3.63, 3.8) is 0 Å². The summed E-state index contributed by atoms with van der Waals surface area (Å²) >= 11 is 3.43. The monoisotopic (exact) mass is 392 g/mol. The Bertz CT molecular complexity index is 730. The highest BCUT2D eigenvalue weighted by molar-refractivity contribution is 9.10. The minimum absolute atomic E-state index is 0.137. The smallest absolute Gasteiger partial charge is 0.277 e. The molecule has 0 fully saturated rings. The molecule has 0 radical (unpaired) electrons. The van der Waals surface area contributed by atoms with Crippen LogP contribution in [0.3, 0.4) is 0 Å². The average Bonchev–Trinajstić information content (AvgIpc) is 2.55. The first-order valence-corrected chi connectivity index (χ1v) is 8.24. The Kier molecular flexibility index (Phi) is 6.49. The number of benzene rings is 2. The topological polar surface area (TPSA) is 50.7 Å². The van der Waals surface area contributed by atoms with Crippen LogP contribution in [0.2, 0.25) is 0 Å². The fraction of sp³-hybridized carbons (Fsp3) is 0.222. The van der Waals surface area contributed by atoms with Gasteiger partial charge in [0, 0.05) is 4.47 Å². The molecule has 0 bridgehead atoms. The van der Waals surface area contributed by atoms with E-state index >= 15 is 0 Å². The quantitative estimate of drug-likeness (QED) is 0.590. The number of hydrogen-bond acceptors (Lipinski definition) is 3. The number of hydrogen-bond donors (Lipinski definition) is 1. The van der Waals surface area contributed by atoms with Gasteiger partial charge in [-0.05, 0) is 47.4 Å². The number of nitrogens with one attached hydrogen (secondary N) is 1. The van der Waals surface area contributed by atoms with Crippen molar-refractivity contribution >= 4 is 28.1 Å². The predicted molar refractivity (Wildman–Crippen MR) is 95.9 cm³/mol. The highest BCUT2D eigenvalue weighted by Crippen LogP contribution is 2.29. The lowest BCUT2D eigenvalue weighted by Gasteiger charge is -2.13. The Morgan fingerprint density at radius 2 is 2.00 bits per heavy atom. The summed E-state index contributed by atoms with van der Waals surface area (Å²) in [5, 5.41) is 3.82. The molecule has 0 saturated carbocycles. The second-order valence-corrected chi connectivity index (χ2v) is 6.39. The van der Waals surface area contributed by atoms with Crippen LogP contribution in [0.4, 0.5) is 4.39 Å². The second-order valence-electron chi connectivity index (χ2n) is 5.47. The molecule has 0 aliphatic rings. The zero-order valence-corrected chi connectivity index (χ0v) is 15.0. The highest BCUT2D eigenvalue weighted by atomic mass is 79.9. The molecule has 0 aliphatic carbocycles. The third kappa shape index (κ3) is 5.45. The zero-order valence-electron chi connectivity index (χ0n) is 13.4. The third-order valence-corrected chi connectivity index (χ3v) is 3.72. The number of ether oxygens (including phenoxy) is 1. The maximum absolute atomic E-state index is 12.8. The lowest BCUT2D eigenvalue weighted by atomic mass is 10.0. The maximum Gasteiger partial charge on any atom is 0.277 e. The van der Waals surface area contributed by atoms with E-state index in [1.807, 2.05) is 18.2 Å². The number of hydrazone groups is 1. The van der Waals surface area contributed by atoms with E-state index in [1.54, 1.807) is 12.1 Å². The Labute approximate surface area is 148 Å². The molecule has 0 atom stereocenters. The molecular formula is C18H18BrFN2O2. The second kappa shape index (κ2) is 8.59. The first-order chi connectivity index (χ1) is 11.5. The lowest BCUT2D eigenvalue weighted by molar-refractivity contribution is -0.123. The van der Waals surface area contributed by atoms with E-state index < -0.39 is 0 Å². The fourth-order valence-corrected chi connectivity index (χ4v) is 2.38. The molecular weight excluding hydrogens is 375 g/mol. The Morgan fingerprint density at radius 3 is 2.67 bits per heavy atom. The van der Waals surface area contributed by atoms with Crippen molar-refractivity contribution in [2.75, 3.05) is 6.61 Å². The van der Waals surface area contributed by atoms with Crippen molar-refractivity contribution < 1.29 is 13.9 Å². The van der Waals surface area contributed by atoms with Gasteiger partial charge < -0.3 is 4.74 Å². The molecule has 2 aromatic rings. The van der Waals surface area contributed by atoms with Crippen LogP contribution in [0.15, 0.2) is 52.0 Å². The molecule has 0 aromatic heterocycles. The van der Waals surface area contributed by atoms with Crippen LogP contribution < -0.4 is 10.2 Å². The molecule has 0 heterocycles. The average molecular weight is 393 g/mol. The van der Waals surface area contributed by atoms with Gasteiger partial charge in [0.25, 0.3) is 5.91 Å². The molecule has 2 rings (SSSR count). The molecule has 0 saturated heterocycles. The van der Waals surface area contributed by atoms with Crippen LogP contribution >= 0.6 is 15.9 Å². The van der Waals surface area contributed by atoms with Gasteiger partial charge in [0.05, 0.1) is 6.21 Å². The standard InChI is InChI=1S/C18H18BrFN2O2/c1-12(2)16-9-14(19)5-8-17(16)24-11-18(23)22-21-10-13-3-6-15(20)7-4-13/h3-10,12H,11H2,1-2H3,(H,22,23)/b21-10+. The van der Waals surface area contributed by atoms with Crippen LogP contribution in [0, 0.1) is 5.82 Å². The summed E-state index contributed by atoms with van der Waals surface area (Å²) in [5.41, 5.74) is 4.09. The van der Waals surface area contributed by atoms with E-state index in [1.165, 1.54) is 18.3 Å². The van der Waals surface area contributed by atoms with Gasteiger partial charge in [0.15, 0.2) is 6.61 Å². The van der Waals surface area contributed by atoms with Crippen molar-refractivity contribution in [1.29, 1.82) is 0 Å². The van der Waals surface area contributed by atoms with E-state index in [9.17, 15) is 9.18 Å². The molecule has 1 amide bonds. The molecule has 0 unspecified atom stereocenters. The Balaban J connectivity index is 1.88. The van der Waals surface area contributed by atoms with Crippen LogP contribution in [-0.2, 0) is 4.79 Å². The highest BCUT2D eigenvalue weighted by Gasteiger charge is 2.10. The van der Waals surface area contributed by atoms with E-state index in [0.717, 1.165) is 10.0 Å². The van der Waals surface area contributed by atoms with Gasteiger partial charge >= 0.3 is 0 Å². The van der Waals surface area contributed by atoms with Gasteiger partial charge in [-0.25, -0.2) is 9.82 Å². The SMILES string of the molecule is CC(C)c1cc(Br)ccc1OCC(=O)N/N=C/c1ccc(F)cc1. The molecule has 2 aromatic carbocycles. The first kappa shape index (κ1) is 18.1. The molecule has 4 nitrogen and oxygen atoms in total. The molecule has 1 N–H and O–H groups in total. The summed E-state index contributed by atoms with van der Waals surface area (Å²) in [7, 11) is 0.